The van der Waals surface area contributed by atoms with E-state index in [1.807, 2.05) is 48.9 Å². The molecule has 0 spiro atoms. The summed E-state index contributed by atoms with van der Waals surface area (Å²) < 4.78 is 53.4. The van der Waals surface area contributed by atoms with Crippen molar-refractivity contribution in [1.82, 2.24) is 9.78 Å². The van der Waals surface area contributed by atoms with Crippen LogP contribution in [0.4, 0.5) is 8.78 Å². The number of nitrogens with zero attached hydrogens (tertiary/aromatic N) is 2. The van der Waals surface area contributed by atoms with E-state index in [4.69, 9.17) is 5.14 Å². The number of hydrogen-bond donors (Lipinski definition) is 1. The molecule has 0 unspecified atom stereocenters. The number of alkyl halides is 2. The second-order valence-corrected chi connectivity index (χ2v) is 10.6. The summed E-state index contributed by atoms with van der Waals surface area (Å²) in [6, 6.07) is 20.6. The van der Waals surface area contributed by atoms with Gasteiger partial charge in [0.2, 0.25) is 10.0 Å². The first kappa shape index (κ1) is 24.5. The molecule has 4 rings (SSSR count). The first-order valence-electron chi connectivity index (χ1n) is 10.1. The molecule has 0 fully saturated rings. The monoisotopic (exact) mass is 517 g/mol. The summed E-state index contributed by atoms with van der Waals surface area (Å²) >= 11 is 3.12. The molecule has 1 heterocycles. The van der Waals surface area contributed by atoms with Crippen molar-refractivity contribution in [2.75, 3.05) is 12.5 Å². The van der Waals surface area contributed by atoms with Gasteiger partial charge in [-0.25, -0.2) is 27.0 Å². The van der Waals surface area contributed by atoms with Crippen LogP contribution in [-0.4, -0.2) is 30.7 Å². The third-order valence-corrected chi connectivity index (χ3v) is 7.69. The fraction of sp³-hybridized carbons (Fsp3) is 0.125. The van der Waals surface area contributed by atoms with Crippen LogP contribution in [0.5, 0.6) is 0 Å². The van der Waals surface area contributed by atoms with E-state index in [9.17, 15) is 17.2 Å². The lowest BCUT2D eigenvalue weighted by Crippen LogP contribution is -2.11. The Hall–Kier alpha value is -2.66. The molecule has 0 atom stereocenters. The van der Waals surface area contributed by atoms with Gasteiger partial charge in [0, 0.05) is 20.9 Å². The minimum absolute atomic E-state index is 0.0633. The van der Waals surface area contributed by atoms with Crippen LogP contribution < -0.4 is 5.14 Å². The van der Waals surface area contributed by atoms with Crippen LogP contribution in [0.1, 0.15) is 12.1 Å². The summed E-state index contributed by atoms with van der Waals surface area (Å²) in [7, 11) is -3.90. The van der Waals surface area contributed by atoms with Crippen LogP contribution >= 0.6 is 23.5 Å². The number of benzene rings is 3. The van der Waals surface area contributed by atoms with Crippen molar-refractivity contribution in [3.63, 3.8) is 0 Å². The SMILES string of the molecule is CSc1ccc(-c2c(C(F)F)nn(-c3ccc(SC)cc3)c2-c2ccc(S(N)(=O)=O)cc2)cc1. The second-order valence-electron chi connectivity index (χ2n) is 7.32. The highest BCUT2D eigenvalue weighted by molar-refractivity contribution is 7.98. The third-order valence-electron chi connectivity index (χ3n) is 5.27. The van der Waals surface area contributed by atoms with E-state index in [1.54, 1.807) is 47.8 Å². The first-order chi connectivity index (χ1) is 16.2. The van der Waals surface area contributed by atoms with Crippen molar-refractivity contribution in [2.45, 2.75) is 21.1 Å². The standard InChI is InChI=1S/C24H21F2N3O2S3/c1-32-18-9-3-15(4-10-18)21-22(24(25)26)28-29(17-7-11-19(33-2)12-8-17)23(21)16-5-13-20(14-6-16)34(27,30)31/h3-14,24H,1-2H3,(H2,27,30,31). The van der Waals surface area contributed by atoms with Crippen molar-refractivity contribution >= 4 is 33.5 Å². The minimum Gasteiger partial charge on any atom is -0.232 e. The maximum absolute atomic E-state index is 14.2. The number of thioether (sulfide) groups is 2. The van der Waals surface area contributed by atoms with E-state index < -0.39 is 16.4 Å². The van der Waals surface area contributed by atoms with Crippen molar-refractivity contribution in [3.8, 4) is 28.1 Å². The summed E-state index contributed by atoms with van der Waals surface area (Å²) in [6.07, 6.45) is 1.07. The average Bonchev–Trinajstić information content (AvgIpc) is 3.24. The zero-order valence-electron chi connectivity index (χ0n) is 18.3. The molecule has 2 N–H and O–H groups in total. The van der Waals surface area contributed by atoms with Gasteiger partial charge in [0.25, 0.3) is 6.43 Å². The minimum atomic E-state index is -3.90. The second kappa shape index (κ2) is 9.91. The molecule has 0 radical (unpaired) electrons. The number of sulfonamides is 1. The van der Waals surface area contributed by atoms with Gasteiger partial charge >= 0.3 is 0 Å². The number of aromatic nitrogens is 2. The number of rotatable bonds is 7. The van der Waals surface area contributed by atoms with Crippen molar-refractivity contribution in [2.24, 2.45) is 5.14 Å². The van der Waals surface area contributed by atoms with Gasteiger partial charge in [0.15, 0.2) is 0 Å². The van der Waals surface area contributed by atoms with E-state index in [1.165, 1.54) is 16.8 Å². The van der Waals surface area contributed by atoms with Gasteiger partial charge in [0.05, 0.1) is 16.3 Å². The van der Waals surface area contributed by atoms with Crippen LogP contribution in [0.25, 0.3) is 28.1 Å². The smallest absolute Gasteiger partial charge is 0.232 e. The maximum atomic E-state index is 14.2. The largest absolute Gasteiger partial charge is 0.282 e. The van der Waals surface area contributed by atoms with Crippen molar-refractivity contribution < 1.29 is 17.2 Å². The molecular weight excluding hydrogens is 496 g/mol. The molecule has 176 valence electrons. The Bertz CT molecular complexity index is 1400. The molecule has 0 saturated heterocycles. The molecule has 0 aliphatic heterocycles. The van der Waals surface area contributed by atoms with Crippen LogP contribution in [0.15, 0.2) is 87.5 Å². The Morgan fingerprint density at radius 1 is 0.824 bits per heavy atom. The Labute approximate surface area is 205 Å². The molecule has 0 saturated carbocycles. The lowest BCUT2D eigenvalue weighted by Gasteiger charge is -2.12. The highest BCUT2D eigenvalue weighted by Crippen LogP contribution is 2.41. The molecule has 0 bridgehead atoms. The number of hydrogen-bond acceptors (Lipinski definition) is 5. The first-order valence-corrected chi connectivity index (χ1v) is 14.1. The molecule has 0 aliphatic rings. The van der Waals surface area contributed by atoms with Crippen LogP contribution in [0.3, 0.4) is 0 Å². The van der Waals surface area contributed by atoms with Gasteiger partial charge in [-0.05, 0) is 66.6 Å². The molecule has 10 heteroatoms. The van der Waals surface area contributed by atoms with E-state index in [2.05, 4.69) is 5.10 Å². The van der Waals surface area contributed by atoms with Crippen molar-refractivity contribution in [3.05, 3.63) is 78.5 Å². The van der Waals surface area contributed by atoms with Crippen LogP contribution in [0.2, 0.25) is 0 Å². The van der Waals surface area contributed by atoms with Crippen molar-refractivity contribution in [1.29, 1.82) is 0 Å². The van der Waals surface area contributed by atoms with E-state index in [-0.39, 0.29) is 10.6 Å². The molecule has 1 aromatic heterocycles. The summed E-state index contributed by atoms with van der Waals surface area (Å²) in [4.78, 5) is 1.96. The van der Waals surface area contributed by atoms with Gasteiger partial charge < -0.3 is 0 Å². The molecule has 3 aromatic carbocycles. The predicted octanol–water partition coefficient (Wildman–Crippen LogP) is 6.24. The fourth-order valence-corrected chi connectivity index (χ4v) is 4.94. The van der Waals surface area contributed by atoms with Gasteiger partial charge in [-0.1, -0.05) is 24.3 Å². The predicted molar refractivity (Wildman–Crippen MR) is 134 cm³/mol. The van der Waals surface area contributed by atoms with Gasteiger partial charge in [-0.15, -0.1) is 23.5 Å². The summed E-state index contributed by atoms with van der Waals surface area (Å²) in [6.45, 7) is 0. The highest BCUT2D eigenvalue weighted by Gasteiger charge is 2.27. The number of nitrogens with two attached hydrogens (primary N) is 1. The Morgan fingerprint density at radius 2 is 1.32 bits per heavy atom. The van der Waals surface area contributed by atoms with E-state index in [0.717, 1.165) is 9.79 Å². The normalized spacial score (nSPS) is 11.8. The molecule has 0 amide bonds. The topological polar surface area (TPSA) is 78.0 Å². The number of primary sulfonamides is 1. The molecule has 5 nitrogen and oxygen atoms in total. The van der Waals surface area contributed by atoms with Crippen LogP contribution in [0, 0.1) is 0 Å². The lowest BCUT2D eigenvalue weighted by atomic mass is 9.98. The summed E-state index contributed by atoms with van der Waals surface area (Å²) in [5.74, 6) is 0. The van der Waals surface area contributed by atoms with Gasteiger partial charge in [-0.2, -0.15) is 5.10 Å². The van der Waals surface area contributed by atoms with Gasteiger partial charge in [-0.3, -0.25) is 0 Å². The third kappa shape index (κ3) is 4.90. The molecule has 0 aliphatic carbocycles. The maximum Gasteiger partial charge on any atom is 0.282 e. The Morgan fingerprint density at radius 3 is 1.79 bits per heavy atom. The quantitative estimate of drug-likeness (QED) is 0.294. The number of halogens is 2. The highest BCUT2D eigenvalue weighted by atomic mass is 32.2. The molecular formula is C24H21F2N3O2S3. The zero-order valence-corrected chi connectivity index (χ0v) is 20.7. The van der Waals surface area contributed by atoms with E-state index >= 15 is 0 Å². The molecule has 4 aromatic rings. The summed E-state index contributed by atoms with van der Waals surface area (Å²) in [5.41, 5.74) is 2.11. The summed E-state index contributed by atoms with van der Waals surface area (Å²) in [5, 5.41) is 9.55. The van der Waals surface area contributed by atoms with E-state index in [0.29, 0.717) is 28.1 Å². The zero-order chi connectivity index (χ0) is 24.5. The Balaban J connectivity index is 2.01. The Kier molecular flexibility index (Phi) is 7.13. The lowest BCUT2D eigenvalue weighted by molar-refractivity contribution is 0.146. The molecule has 34 heavy (non-hydrogen) atoms. The van der Waals surface area contributed by atoms with Gasteiger partial charge in [0.1, 0.15) is 5.69 Å². The van der Waals surface area contributed by atoms with Crippen LogP contribution in [-0.2, 0) is 10.0 Å². The fourth-order valence-electron chi connectivity index (χ4n) is 3.61. The average molecular weight is 518 g/mol.